The number of nitrogens with zero attached hydrogens (tertiary/aromatic N) is 1. The molecular weight excluding hydrogens is 282 g/mol. The molecule has 0 atom stereocenters. The van der Waals surface area contributed by atoms with Gasteiger partial charge in [-0.25, -0.2) is 0 Å². The largest absolute Gasteiger partial charge is 0.298 e. The van der Waals surface area contributed by atoms with E-state index in [-0.39, 0.29) is 0 Å². The zero-order valence-electron chi connectivity index (χ0n) is 12.9. The summed E-state index contributed by atoms with van der Waals surface area (Å²) in [6.07, 6.45) is 6.41. The lowest BCUT2D eigenvalue weighted by atomic mass is 9.96. The topological polar surface area (TPSA) is 30.0 Å². The van der Waals surface area contributed by atoms with E-state index in [0.717, 1.165) is 17.5 Å². The van der Waals surface area contributed by atoms with Crippen LogP contribution in [0.15, 0.2) is 66.9 Å². The van der Waals surface area contributed by atoms with Gasteiger partial charge in [-0.15, -0.1) is 0 Å². The Balaban J connectivity index is 1.91. The first kappa shape index (κ1) is 14.9. The van der Waals surface area contributed by atoms with E-state index in [4.69, 9.17) is 0 Å². The molecule has 0 radical (unpaired) electrons. The molecular formula is C21H17NO. The highest BCUT2D eigenvalue weighted by Gasteiger charge is 2.03. The third kappa shape index (κ3) is 3.43. The lowest BCUT2D eigenvalue weighted by Crippen LogP contribution is -1.88. The summed E-state index contributed by atoms with van der Waals surface area (Å²) in [7, 11) is 0. The number of pyridine rings is 1. The molecule has 0 saturated heterocycles. The Bertz CT molecular complexity index is 833. The van der Waals surface area contributed by atoms with Crippen LogP contribution in [0.5, 0.6) is 0 Å². The Kier molecular flexibility index (Phi) is 4.44. The van der Waals surface area contributed by atoms with Gasteiger partial charge in [0, 0.05) is 11.8 Å². The summed E-state index contributed by atoms with van der Waals surface area (Å²) < 4.78 is 0. The molecule has 0 amide bonds. The number of rotatable bonds is 4. The van der Waals surface area contributed by atoms with Gasteiger partial charge >= 0.3 is 0 Å². The van der Waals surface area contributed by atoms with Crippen LogP contribution in [0.1, 0.15) is 27.2 Å². The maximum atomic E-state index is 10.7. The van der Waals surface area contributed by atoms with E-state index in [9.17, 15) is 4.79 Å². The minimum atomic E-state index is 0.587. The van der Waals surface area contributed by atoms with Gasteiger partial charge in [-0.1, -0.05) is 54.6 Å². The van der Waals surface area contributed by atoms with Crippen molar-refractivity contribution in [1.29, 1.82) is 0 Å². The van der Waals surface area contributed by atoms with Crippen LogP contribution >= 0.6 is 0 Å². The SMILES string of the molecule is Cc1c(/C=C/c2ccc(C=O)cn2)cccc1-c1ccccc1. The van der Waals surface area contributed by atoms with Crippen molar-refractivity contribution in [3.8, 4) is 11.1 Å². The van der Waals surface area contributed by atoms with Gasteiger partial charge in [0.2, 0.25) is 0 Å². The third-order valence-corrected chi connectivity index (χ3v) is 3.84. The molecule has 0 bridgehead atoms. The van der Waals surface area contributed by atoms with Gasteiger partial charge in [-0.2, -0.15) is 0 Å². The molecule has 0 N–H and O–H groups in total. The van der Waals surface area contributed by atoms with Crippen molar-refractivity contribution < 1.29 is 4.79 Å². The first-order valence-corrected chi connectivity index (χ1v) is 7.52. The molecule has 0 fully saturated rings. The molecule has 1 aromatic heterocycles. The number of benzene rings is 2. The first-order valence-electron chi connectivity index (χ1n) is 7.52. The van der Waals surface area contributed by atoms with Crippen LogP contribution in [0.3, 0.4) is 0 Å². The Labute approximate surface area is 136 Å². The summed E-state index contributed by atoms with van der Waals surface area (Å²) in [6, 6.07) is 20.3. The lowest BCUT2D eigenvalue weighted by molar-refractivity contribution is 0.112. The number of hydrogen-bond acceptors (Lipinski definition) is 2. The molecule has 0 aliphatic heterocycles. The number of aldehydes is 1. The minimum absolute atomic E-state index is 0.587. The Hall–Kier alpha value is -3.00. The van der Waals surface area contributed by atoms with Crippen molar-refractivity contribution in [2.45, 2.75) is 6.92 Å². The van der Waals surface area contributed by atoms with Crippen molar-refractivity contribution in [3.05, 3.63) is 89.2 Å². The molecule has 23 heavy (non-hydrogen) atoms. The number of hydrogen-bond donors (Lipinski definition) is 0. The average Bonchev–Trinajstić information content (AvgIpc) is 2.62. The van der Waals surface area contributed by atoms with Crippen LogP contribution in [0.2, 0.25) is 0 Å². The van der Waals surface area contributed by atoms with Gasteiger partial charge in [0.05, 0.1) is 5.69 Å². The third-order valence-electron chi connectivity index (χ3n) is 3.84. The molecule has 2 nitrogen and oxygen atoms in total. The number of carbonyl (C=O) groups excluding carboxylic acids is 1. The maximum absolute atomic E-state index is 10.7. The van der Waals surface area contributed by atoms with Crippen LogP contribution in [0.25, 0.3) is 23.3 Å². The normalized spacial score (nSPS) is 10.8. The second-order valence-electron chi connectivity index (χ2n) is 5.35. The van der Waals surface area contributed by atoms with E-state index < -0.39 is 0 Å². The van der Waals surface area contributed by atoms with Gasteiger partial charge in [0.15, 0.2) is 6.29 Å². The lowest BCUT2D eigenvalue weighted by Gasteiger charge is -2.09. The molecule has 2 heteroatoms. The zero-order chi connectivity index (χ0) is 16.1. The quantitative estimate of drug-likeness (QED) is 0.632. The Morgan fingerprint density at radius 2 is 1.70 bits per heavy atom. The summed E-state index contributed by atoms with van der Waals surface area (Å²) in [5, 5.41) is 0. The van der Waals surface area contributed by atoms with Gasteiger partial charge in [0.1, 0.15) is 0 Å². The van der Waals surface area contributed by atoms with E-state index in [1.54, 1.807) is 12.3 Å². The predicted molar refractivity (Wildman–Crippen MR) is 95.2 cm³/mol. The van der Waals surface area contributed by atoms with Crippen molar-refractivity contribution in [2.24, 2.45) is 0 Å². The minimum Gasteiger partial charge on any atom is -0.298 e. The molecule has 0 saturated carbocycles. The smallest absolute Gasteiger partial charge is 0.151 e. The molecule has 0 spiro atoms. The molecule has 0 aliphatic carbocycles. The van der Waals surface area contributed by atoms with Crippen molar-refractivity contribution in [1.82, 2.24) is 4.98 Å². The fraction of sp³-hybridized carbons (Fsp3) is 0.0476. The van der Waals surface area contributed by atoms with Crippen LogP contribution in [-0.2, 0) is 0 Å². The van der Waals surface area contributed by atoms with Gasteiger partial charge in [-0.3, -0.25) is 9.78 Å². The second kappa shape index (κ2) is 6.84. The molecule has 1 heterocycles. The highest BCUT2D eigenvalue weighted by molar-refractivity contribution is 5.78. The van der Waals surface area contributed by atoms with E-state index in [1.807, 2.05) is 18.2 Å². The van der Waals surface area contributed by atoms with Crippen LogP contribution in [0.4, 0.5) is 0 Å². The molecule has 3 aromatic rings. The van der Waals surface area contributed by atoms with Crippen LogP contribution < -0.4 is 0 Å². The van der Waals surface area contributed by atoms with E-state index in [0.29, 0.717) is 5.56 Å². The fourth-order valence-corrected chi connectivity index (χ4v) is 2.52. The molecule has 3 rings (SSSR count). The maximum Gasteiger partial charge on any atom is 0.151 e. The fourth-order valence-electron chi connectivity index (χ4n) is 2.52. The second-order valence-corrected chi connectivity index (χ2v) is 5.35. The van der Waals surface area contributed by atoms with Gasteiger partial charge in [-0.05, 0) is 47.4 Å². The van der Waals surface area contributed by atoms with Crippen molar-refractivity contribution >= 4 is 18.4 Å². The number of aromatic nitrogens is 1. The zero-order valence-corrected chi connectivity index (χ0v) is 12.9. The summed E-state index contributed by atoms with van der Waals surface area (Å²) in [5.74, 6) is 0. The van der Waals surface area contributed by atoms with Crippen LogP contribution in [-0.4, -0.2) is 11.3 Å². The summed E-state index contributed by atoms with van der Waals surface area (Å²) in [4.78, 5) is 14.9. The standard InChI is InChI=1S/C21H17NO/c1-16-18(11-13-20-12-10-17(15-23)14-22-20)8-5-9-21(16)19-6-3-2-4-7-19/h2-15H,1H3/b13-11+. The molecule has 112 valence electrons. The molecule has 2 aromatic carbocycles. The Morgan fingerprint density at radius 1 is 0.870 bits per heavy atom. The number of carbonyl (C=O) groups is 1. The van der Waals surface area contributed by atoms with Crippen LogP contribution in [0, 0.1) is 6.92 Å². The van der Waals surface area contributed by atoms with Crippen molar-refractivity contribution in [3.63, 3.8) is 0 Å². The average molecular weight is 299 g/mol. The van der Waals surface area contributed by atoms with Gasteiger partial charge in [0.25, 0.3) is 0 Å². The van der Waals surface area contributed by atoms with E-state index >= 15 is 0 Å². The molecule has 0 unspecified atom stereocenters. The van der Waals surface area contributed by atoms with E-state index in [2.05, 4.69) is 60.4 Å². The van der Waals surface area contributed by atoms with E-state index in [1.165, 1.54) is 16.7 Å². The highest BCUT2D eigenvalue weighted by atomic mass is 16.1. The summed E-state index contributed by atoms with van der Waals surface area (Å²) in [5.41, 5.74) is 6.27. The monoisotopic (exact) mass is 299 g/mol. The van der Waals surface area contributed by atoms with Crippen molar-refractivity contribution in [2.75, 3.05) is 0 Å². The first-order chi connectivity index (χ1) is 11.3. The molecule has 0 aliphatic rings. The Morgan fingerprint density at radius 3 is 2.39 bits per heavy atom. The summed E-state index contributed by atoms with van der Waals surface area (Å²) in [6.45, 7) is 2.13. The van der Waals surface area contributed by atoms with Gasteiger partial charge < -0.3 is 0 Å². The summed E-state index contributed by atoms with van der Waals surface area (Å²) >= 11 is 0. The predicted octanol–water partition coefficient (Wildman–Crippen LogP) is 5.04. The highest BCUT2D eigenvalue weighted by Crippen LogP contribution is 2.26.